The molecule has 0 aliphatic heterocycles. The Balaban J connectivity index is 0.00000484. The first-order valence-corrected chi connectivity index (χ1v) is 7.91. The van der Waals surface area contributed by atoms with Gasteiger partial charge in [0.05, 0.1) is 19.8 Å². The second-order valence-corrected chi connectivity index (χ2v) is 5.01. The maximum absolute atomic E-state index is 5.44. The molecule has 1 aromatic rings. The Kier molecular flexibility index (Phi) is 14.2. The number of hydrogen-bond donors (Lipinski definition) is 2. The molecule has 0 atom stereocenters. The van der Waals surface area contributed by atoms with Crippen LogP contribution in [0.25, 0.3) is 0 Å². The van der Waals surface area contributed by atoms with Crippen LogP contribution in [0.4, 0.5) is 0 Å². The SMILES string of the molecule is CCNC(=NCc1ccccc1C)NCCCOCCOC.I. The maximum Gasteiger partial charge on any atom is 0.191 e. The first kappa shape index (κ1) is 22.1. The van der Waals surface area contributed by atoms with Gasteiger partial charge in [0, 0.05) is 26.8 Å². The molecule has 1 rings (SSSR count). The van der Waals surface area contributed by atoms with Crippen molar-refractivity contribution in [3.63, 3.8) is 0 Å². The highest BCUT2D eigenvalue weighted by molar-refractivity contribution is 14.0. The first-order chi connectivity index (χ1) is 10.8. The molecular formula is C17H30IN3O2. The predicted molar refractivity (Wildman–Crippen MR) is 107 cm³/mol. The second-order valence-electron chi connectivity index (χ2n) is 5.01. The summed E-state index contributed by atoms with van der Waals surface area (Å²) in [4.78, 5) is 4.63. The average Bonchev–Trinajstić information content (AvgIpc) is 2.53. The van der Waals surface area contributed by atoms with Crippen LogP contribution in [0.3, 0.4) is 0 Å². The molecule has 6 heteroatoms. The normalized spacial score (nSPS) is 11.0. The summed E-state index contributed by atoms with van der Waals surface area (Å²) in [5.74, 6) is 0.850. The number of guanidine groups is 1. The third-order valence-corrected chi connectivity index (χ3v) is 3.20. The zero-order valence-corrected chi connectivity index (χ0v) is 16.8. The standard InChI is InChI=1S/C17H29N3O2.HI/c1-4-18-17(19-10-7-11-22-13-12-21-3)20-14-16-9-6-5-8-15(16)2;/h5-6,8-9H,4,7,10-14H2,1-3H3,(H2,18,19,20);1H. The van der Waals surface area contributed by atoms with Crippen LogP contribution >= 0.6 is 24.0 Å². The van der Waals surface area contributed by atoms with E-state index in [9.17, 15) is 0 Å². The lowest BCUT2D eigenvalue weighted by Crippen LogP contribution is -2.38. The molecule has 132 valence electrons. The zero-order valence-electron chi connectivity index (χ0n) is 14.4. The van der Waals surface area contributed by atoms with Crippen LogP contribution in [0.15, 0.2) is 29.3 Å². The summed E-state index contributed by atoms with van der Waals surface area (Å²) < 4.78 is 10.4. The zero-order chi connectivity index (χ0) is 16.0. The van der Waals surface area contributed by atoms with Gasteiger partial charge in [-0.1, -0.05) is 24.3 Å². The van der Waals surface area contributed by atoms with Crippen LogP contribution in [0.5, 0.6) is 0 Å². The molecule has 0 amide bonds. The first-order valence-electron chi connectivity index (χ1n) is 7.91. The summed E-state index contributed by atoms with van der Waals surface area (Å²) >= 11 is 0. The summed E-state index contributed by atoms with van der Waals surface area (Å²) in [5.41, 5.74) is 2.52. The Morgan fingerprint density at radius 3 is 2.61 bits per heavy atom. The molecule has 0 spiro atoms. The van der Waals surface area contributed by atoms with Gasteiger partial charge in [0.15, 0.2) is 5.96 Å². The fourth-order valence-electron chi connectivity index (χ4n) is 1.92. The number of nitrogens with one attached hydrogen (secondary N) is 2. The van der Waals surface area contributed by atoms with E-state index >= 15 is 0 Å². The molecule has 0 aromatic heterocycles. The van der Waals surface area contributed by atoms with Gasteiger partial charge in [-0.05, 0) is 31.4 Å². The van der Waals surface area contributed by atoms with E-state index in [2.05, 4.69) is 53.7 Å². The fraction of sp³-hybridized carbons (Fsp3) is 0.588. The lowest BCUT2D eigenvalue weighted by Gasteiger charge is -2.12. The number of benzene rings is 1. The highest BCUT2D eigenvalue weighted by atomic mass is 127. The van der Waals surface area contributed by atoms with Crippen molar-refractivity contribution in [2.24, 2.45) is 4.99 Å². The van der Waals surface area contributed by atoms with Crippen molar-refractivity contribution < 1.29 is 9.47 Å². The number of aliphatic imine (C=N–C) groups is 1. The molecule has 0 saturated heterocycles. The largest absolute Gasteiger partial charge is 0.382 e. The van der Waals surface area contributed by atoms with Crippen LogP contribution < -0.4 is 10.6 Å². The summed E-state index contributed by atoms with van der Waals surface area (Å²) in [7, 11) is 1.68. The van der Waals surface area contributed by atoms with Gasteiger partial charge < -0.3 is 20.1 Å². The number of methoxy groups -OCH3 is 1. The molecule has 0 radical (unpaired) electrons. The molecule has 0 bridgehead atoms. The van der Waals surface area contributed by atoms with Crippen molar-refractivity contribution in [2.45, 2.75) is 26.8 Å². The number of hydrogen-bond acceptors (Lipinski definition) is 3. The number of nitrogens with zero attached hydrogens (tertiary/aromatic N) is 1. The van der Waals surface area contributed by atoms with Crippen LogP contribution in [0.1, 0.15) is 24.5 Å². The molecular weight excluding hydrogens is 405 g/mol. The third-order valence-electron chi connectivity index (χ3n) is 3.20. The maximum atomic E-state index is 5.44. The molecule has 0 aliphatic carbocycles. The molecule has 1 aromatic carbocycles. The summed E-state index contributed by atoms with van der Waals surface area (Å²) in [6.07, 6.45) is 0.943. The molecule has 5 nitrogen and oxygen atoms in total. The smallest absolute Gasteiger partial charge is 0.191 e. The van der Waals surface area contributed by atoms with Gasteiger partial charge in [-0.25, -0.2) is 4.99 Å². The lowest BCUT2D eigenvalue weighted by molar-refractivity contribution is 0.0698. The van der Waals surface area contributed by atoms with Crippen molar-refractivity contribution in [2.75, 3.05) is 40.0 Å². The minimum atomic E-state index is 0. The summed E-state index contributed by atoms with van der Waals surface area (Å²) in [5, 5.41) is 6.59. The van der Waals surface area contributed by atoms with E-state index in [4.69, 9.17) is 9.47 Å². The van der Waals surface area contributed by atoms with E-state index in [0.29, 0.717) is 19.8 Å². The van der Waals surface area contributed by atoms with Crippen molar-refractivity contribution in [3.05, 3.63) is 35.4 Å². The van der Waals surface area contributed by atoms with Gasteiger partial charge >= 0.3 is 0 Å². The van der Waals surface area contributed by atoms with Crippen LogP contribution in [0.2, 0.25) is 0 Å². The molecule has 0 aliphatic rings. The number of aryl methyl sites for hydroxylation is 1. The molecule has 0 saturated carbocycles. The number of halogens is 1. The fourth-order valence-corrected chi connectivity index (χ4v) is 1.92. The van der Waals surface area contributed by atoms with Gasteiger partial charge in [-0.3, -0.25) is 0 Å². The topological polar surface area (TPSA) is 54.9 Å². The van der Waals surface area contributed by atoms with E-state index in [1.54, 1.807) is 7.11 Å². The van der Waals surface area contributed by atoms with Crippen LogP contribution in [0, 0.1) is 6.92 Å². The Bertz CT molecular complexity index is 442. The molecule has 0 fully saturated rings. The van der Waals surface area contributed by atoms with Gasteiger partial charge in [0.2, 0.25) is 0 Å². The molecule has 2 N–H and O–H groups in total. The molecule has 23 heavy (non-hydrogen) atoms. The minimum absolute atomic E-state index is 0. The Morgan fingerprint density at radius 2 is 1.91 bits per heavy atom. The van der Waals surface area contributed by atoms with E-state index < -0.39 is 0 Å². The minimum Gasteiger partial charge on any atom is -0.382 e. The molecule has 0 unspecified atom stereocenters. The number of ether oxygens (including phenoxy) is 2. The quantitative estimate of drug-likeness (QED) is 0.257. The summed E-state index contributed by atoms with van der Waals surface area (Å²) in [6, 6.07) is 8.33. The van der Waals surface area contributed by atoms with Gasteiger partial charge in [0.25, 0.3) is 0 Å². The van der Waals surface area contributed by atoms with Crippen molar-refractivity contribution >= 4 is 29.9 Å². The van der Waals surface area contributed by atoms with Crippen LogP contribution in [-0.2, 0) is 16.0 Å². The highest BCUT2D eigenvalue weighted by Crippen LogP contribution is 2.07. The van der Waals surface area contributed by atoms with Crippen molar-refractivity contribution in [1.29, 1.82) is 0 Å². The summed E-state index contributed by atoms with van der Waals surface area (Å²) in [6.45, 7) is 8.59. The van der Waals surface area contributed by atoms with E-state index in [-0.39, 0.29) is 24.0 Å². The Labute approximate surface area is 157 Å². The average molecular weight is 435 g/mol. The van der Waals surface area contributed by atoms with Crippen LogP contribution in [-0.4, -0.2) is 46.0 Å². The molecule has 0 heterocycles. The van der Waals surface area contributed by atoms with Gasteiger partial charge in [-0.15, -0.1) is 24.0 Å². The van der Waals surface area contributed by atoms with Gasteiger partial charge in [-0.2, -0.15) is 0 Å². The van der Waals surface area contributed by atoms with Crippen molar-refractivity contribution in [3.8, 4) is 0 Å². The number of rotatable bonds is 10. The van der Waals surface area contributed by atoms with E-state index in [1.165, 1.54) is 11.1 Å². The lowest BCUT2D eigenvalue weighted by atomic mass is 10.1. The van der Waals surface area contributed by atoms with E-state index in [1.807, 2.05) is 0 Å². The predicted octanol–water partition coefficient (Wildman–Crippen LogP) is 2.72. The van der Waals surface area contributed by atoms with Gasteiger partial charge in [0.1, 0.15) is 0 Å². The monoisotopic (exact) mass is 435 g/mol. The third kappa shape index (κ3) is 10.5. The van der Waals surface area contributed by atoms with E-state index in [0.717, 1.165) is 32.1 Å². The second kappa shape index (κ2) is 14.7. The Hall–Kier alpha value is -0.860. The highest BCUT2D eigenvalue weighted by Gasteiger charge is 1.99. The van der Waals surface area contributed by atoms with Crippen molar-refractivity contribution in [1.82, 2.24) is 10.6 Å². The Morgan fingerprint density at radius 1 is 1.13 bits per heavy atom.